The van der Waals surface area contributed by atoms with Crippen LogP contribution in [0.4, 0.5) is 0 Å². The molecule has 0 bridgehead atoms. The lowest BCUT2D eigenvalue weighted by Crippen LogP contribution is -2.30. The third kappa shape index (κ3) is 7.14. The van der Waals surface area contributed by atoms with E-state index in [1.807, 2.05) is 6.92 Å². The number of hydrogen-bond donors (Lipinski definition) is 1. The van der Waals surface area contributed by atoms with Gasteiger partial charge in [0, 0.05) is 6.54 Å². The van der Waals surface area contributed by atoms with Crippen molar-refractivity contribution in [2.75, 3.05) is 26.3 Å². The van der Waals surface area contributed by atoms with Gasteiger partial charge in [-0.3, -0.25) is 0 Å². The van der Waals surface area contributed by atoms with E-state index in [0.29, 0.717) is 18.1 Å². The van der Waals surface area contributed by atoms with Gasteiger partial charge in [0.2, 0.25) is 0 Å². The summed E-state index contributed by atoms with van der Waals surface area (Å²) in [6, 6.07) is 0. The lowest BCUT2D eigenvalue weighted by molar-refractivity contribution is -0.0136. The van der Waals surface area contributed by atoms with E-state index in [-0.39, 0.29) is 0 Å². The molecule has 2 unspecified atom stereocenters. The zero-order chi connectivity index (χ0) is 13.4. The zero-order valence-corrected chi connectivity index (χ0v) is 12.2. The summed E-state index contributed by atoms with van der Waals surface area (Å²) in [5.74, 6) is 0.702. The van der Waals surface area contributed by atoms with Crippen LogP contribution in [0.1, 0.15) is 40.0 Å². The molecule has 0 amide bonds. The van der Waals surface area contributed by atoms with Gasteiger partial charge in [0.05, 0.1) is 25.4 Å². The molecule has 18 heavy (non-hydrogen) atoms. The summed E-state index contributed by atoms with van der Waals surface area (Å²) in [5.41, 5.74) is 1.18. The van der Waals surface area contributed by atoms with Crippen molar-refractivity contribution in [2.24, 2.45) is 5.92 Å². The second kappa shape index (κ2) is 8.68. The van der Waals surface area contributed by atoms with E-state index in [2.05, 4.69) is 25.7 Å². The molecule has 3 heteroatoms. The first-order chi connectivity index (χ1) is 8.58. The largest absolute Gasteiger partial charge is 0.378 e. The Hall–Kier alpha value is -0.380. The molecular formula is C15H29NO2. The van der Waals surface area contributed by atoms with Crippen LogP contribution < -0.4 is 5.32 Å². The van der Waals surface area contributed by atoms with Gasteiger partial charge >= 0.3 is 0 Å². The molecule has 3 nitrogen and oxygen atoms in total. The highest BCUT2D eigenvalue weighted by Gasteiger charge is 2.24. The van der Waals surface area contributed by atoms with Crippen molar-refractivity contribution in [2.45, 2.75) is 52.2 Å². The highest BCUT2D eigenvalue weighted by Crippen LogP contribution is 2.19. The summed E-state index contributed by atoms with van der Waals surface area (Å²) in [6.07, 6.45) is 3.90. The molecule has 1 rings (SSSR count). The van der Waals surface area contributed by atoms with Crippen LogP contribution in [0.15, 0.2) is 12.2 Å². The Morgan fingerprint density at radius 3 is 2.78 bits per heavy atom. The first-order valence-electron chi connectivity index (χ1n) is 7.16. The van der Waals surface area contributed by atoms with Crippen LogP contribution >= 0.6 is 0 Å². The van der Waals surface area contributed by atoms with Crippen LogP contribution in [0, 0.1) is 5.92 Å². The predicted octanol–water partition coefficient (Wildman–Crippen LogP) is 2.76. The van der Waals surface area contributed by atoms with Crippen LogP contribution in [0.5, 0.6) is 0 Å². The van der Waals surface area contributed by atoms with Gasteiger partial charge in [-0.2, -0.15) is 0 Å². The van der Waals surface area contributed by atoms with Crippen LogP contribution in [-0.2, 0) is 9.47 Å². The second-order valence-electron chi connectivity index (χ2n) is 5.79. The first kappa shape index (κ1) is 15.7. The van der Waals surface area contributed by atoms with E-state index >= 15 is 0 Å². The number of rotatable bonds is 9. The van der Waals surface area contributed by atoms with E-state index in [1.165, 1.54) is 5.57 Å². The lowest BCUT2D eigenvalue weighted by Gasteiger charge is -2.15. The van der Waals surface area contributed by atoms with Crippen molar-refractivity contribution >= 4 is 0 Å². The number of nitrogens with one attached hydrogen (secondary N) is 1. The maximum Gasteiger partial charge on any atom is 0.0813 e. The molecule has 1 aliphatic heterocycles. The molecule has 0 radical (unpaired) electrons. The molecule has 0 saturated carbocycles. The lowest BCUT2D eigenvalue weighted by atomic mass is 10.2. The summed E-state index contributed by atoms with van der Waals surface area (Å²) in [7, 11) is 0. The summed E-state index contributed by atoms with van der Waals surface area (Å²) in [6.45, 7) is 13.9. The van der Waals surface area contributed by atoms with Gasteiger partial charge in [0.15, 0.2) is 0 Å². The van der Waals surface area contributed by atoms with Gasteiger partial charge in [-0.25, -0.2) is 0 Å². The van der Waals surface area contributed by atoms with E-state index in [1.54, 1.807) is 0 Å². The Morgan fingerprint density at radius 2 is 2.11 bits per heavy atom. The average molecular weight is 255 g/mol. The van der Waals surface area contributed by atoms with Crippen LogP contribution in [0.3, 0.4) is 0 Å². The highest BCUT2D eigenvalue weighted by molar-refractivity contribution is 4.87. The second-order valence-corrected chi connectivity index (χ2v) is 5.79. The highest BCUT2D eigenvalue weighted by atomic mass is 16.5. The SMILES string of the molecule is C=C(C)CCOCC1CCC(CNCC(C)C)O1. The summed E-state index contributed by atoms with van der Waals surface area (Å²) >= 11 is 0. The molecule has 1 N–H and O–H groups in total. The number of ether oxygens (including phenoxy) is 2. The number of hydrogen-bond acceptors (Lipinski definition) is 3. The topological polar surface area (TPSA) is 30.5 Å². The van der Waals surface area contributed by atoms with Crippen molar-refractivity contribution in [1.82, 2.24) is 5.32 Å². The normalized spacial score (nSPS) is 23.8. The van der Waals surface area contributed by atoms with Crippen molar-refractivity contribution in [3.05, 3.63) is 12.2 Å². The smallest absolute Gasteiger partial charge is 0.0813 e. The maximum atomic E-state index is 5.94. The van der Waals surface area contributed by atoms with Gasteiger partial charge in [0.1, 0.15) is 0 Å². The first-order valence-corrected chi connectivity index (χ1v) is 7.16. The van der Waals surface area contributed by atoms with E-state index in [9.17, 15) is 0 Å². The van der Waals surface area contributed by atoms with E-state index in [4.69, 9.17) is 9.47 Å². The monoisotopic (exact) mass is 255 g/mol. The minimum atomic E-state index is 0.293. The van der Waals surface area contributed by atoms with Crippen molar-refractivity contribution in [1.29, 1.82) is 0 Å². The van der Waals surface area contributed by atoms with Gasteiger partial charge in [0.25, 0.3) is 0 Å². The van der Waals surface area contributed by atoms with Crippen LogP contribution in [0.2, 0.25) is 0 Å². The molecule has 0 aromatic carbocycles. The minimum Gasteiger partial charge on any atom is -0.378 e. The Bertz CT molecular complexity index is 241. The summed E-state index contributed by atoms with van der Waals surface area (Å²) in [4.78, 5) is 0. The summed E-state index contributed by atoms with van der Waals surface area (Å²) < 4.78 is 11.6. The Labute approximate surface area is 112 Å². The van der Waals surface area contributed by atoms with Crippen molar-refractivity contribution in [3.8, 4) is 0 Å². The molecule has 1 heterocycles. The Kier molecular flexibility index (Phi) is 7.56. The molecule has 1 aliphatic rings. The Balaban J connectivity index is 2.01. The summed E-state index contributed by atoms with van der Waals surface area (Å²) in [5, 5.41) is 3.45. The fourth-order valence-corrected chi connectivity index (χ4v) is 2.05. The molecule has 2 atom stereocenters. The fraction of sp³-hybridized carbons (Fsp3) is 0.867. The van der Waals surface area contributed by atoms with Gasteiger partial charge < -0.3 is 14.8 Å². The maximum absolute atomic E-state index is 5.94. The average Bonchev–Trinajstić information content (AvgIpc) is 2.72. The van der Waals surface area contributed by atoms with E-state index < -0.39 is 0 Å². The zero-order valence-electron chi connectivity index (χ0n) is 12.2. The van der Waals surface area contributed by atoms with Gasteiger partial charge in [-0.05, 0) is 38.6 Å². The van der Waals surface area contributed by atoms with Gasteiger partial charge in [-0.1, -0.05) is 19.4 Å². The molecule has 1 fully saturated rings. The molecular weight excluding hydrogens is 226 g/mol. The standard InChI is InChI=1S/C15H29NO2/c1-12(2)7-8-17-11-15-6-5-14(18-15)10-16-9-13(3)4/h13-16H,1,5-11H2,2-4H3. The third-order valence-electron chi connectivity index (χ3n) is 3.10. The predicted molar refractivity (Wildman–Crippen MR) is 75.9 cm³/mol. The Morgan fingerprint density at radius 1 is 1.39 bits per heavy atom. The van der Waals surface area contributed by atoms with Crippen LogP contribution in [-0.4, -0.2) is 38.5 Å². The molecule has 1 saturated heterocycles. The third-order valence-corrected chi connectivity index (χ3v) is 3.10. The fourth-order valence-electron chi connectivity index (χ4n) is 2.05. The molecule has 0 aromatic rings. The molecule has 106 valence electrons. The van der Waals surface area contributed by atoms with Crippen molar-refractivity contribution in [3.63, 3.8) is 0 Å². The minimum absolute atomic E-state index is 0.293. The molecule has 0 spiro atoms. The van der Waals surface area contributed by atoms with Gasteiger partial charge in [-0.15, -0.1) is 6.58 Å². The van der Waals surface area contributed by atoms with Crippen LogP contribution in [0.25, 0.3) is 0 Å². The quantitative estimate of drug-likeness (QED) is 0.507. The molecule has 0 aliphatic carbocycles. The van der Waals surface area contributed by atoms with Crippen molar-refractivity contribution < 1.29 is 9.47 Å². The van der Waals surface area contributed by atoms with E-state index in [0.717, 1.165) is 45.6 Å². The molecule has 0 aromatic heterocycles.